The topological polar surface area (TPSA) is 65.0 Å². The second-order valence-electron chi connectivity index (χ2n) is 4.41. The summed E-state index contributed by atoms with van der Waals surface area (Å²) in [4.78, 5) is 11.3. The minimum atomic E-state index is -0.346. The lowest BCUT2D eigenvalue weighted by molar-refractivity contribution is -0.151. The lowest BCUT2D eigenvalue weighted by Crippen LogP contribution is -2.25. The van der Waals surface area contributed by atoms with Gasteiger partial charge in [0.15, 0.2) is 0 Å². The van der Waals surface area contributed by atoms with E-state index in [9.17, 15) is 9.90 Å². The summed E-state index contributed by atoms with van der Waals surface area (Å²) in [7, 11) is 1.58. The molecule has 0 bridgehead atoms. The Morgan fingerprint density at radius 2 is 2.18 bits per heavy atom. The van der Waals surface area contributed by atoms with E-state index < -0.39 is 0 Å². The highest BCUT2D eigenvalue weighted by atomic mass is 16.6. The van der Waals surface area contributed by atoms with Crippen molar-refractivity contribution in [2.45, 2.75) is 31.8 Å². The van der Waals surface area contributed by atoms with E-state index in [1.165, 1.54) is 0 Å². The molecule has 1 saturated carbocycles. The molecule has 1 rings (SSSR count). The van der Waals surface area contributed by atoms with Gasteiger partial charge in [-0.15, -0.1) is 0 Å². The van der Waals surface area contributed by atoms with Crippen molar-refractivity contribution >= 4 is 5.97 Å². The number of rotatable bonds is 7. The van der Waals surface area contributed by atoms with Gasteiger partial charge in [0, 0.05) is 7.11 Å². The molecular weight excluding hydrogens is 224 g/mol. The molecule has 2 unspecified atom stereocenters. The van der Waals surface area contributed by atoms with Crippen LogP contribution in [0.5, 0.6) is 0 Å². The highest BCUT2D eigenvalue weighted by Crippen LogP contribution is 2.24. The Bertz CT molecular complexity index is 219. The van der Waals surface area contributed by atoms with E-state index in [0.717, 1.165) is 25.7 Å². The molecule has 1 aliphatic rings. The second kappa shape index (κ2) is 8.44. The van der Waals surface area contributed by atoms with Gasteiger partial charge in [0.25, 0.3) is 0 Å². The molecule has 1 fully saturated rings. The number of carbonyl (C=O) groups excluding carboxylic acids is 1. The fourth-order valence-electron chi connectivity index (χ4n) is 1.96. The number of hydrogen-bond donors (Lipinski definition) is 1. The first-order valence-corrected chi connectivity index (χ1v) is 6.12. The Morgan fingerprint density at radius 3 is 2.88 bits per heavy atom. The SMILES string of the molecule is COCCOCC(=O)OCC1CCCC(O)C1. The van der Waals surface area contributed by atoms with E-state index in [1.807, 2.05) is 0 Å². The smallest absolute Gasteiger partial charge is 0.332 e. The van der Waals surface area contributed by atoms with Crippen LogP contribution in [0.4, 0.5) is 0 Å². The molecule has 100 valence electrons. The summed E-state index contributed by atoms with van der Waals surface area (Å²) < 4.78 is 14.9. The molecule has 0 radical (unpaired) electrons. The van der Waals surface area contributed by atoms with E-state index in [0.29, 0.717) is 25.7 Å². The van der Waals surface area contributed by atoms with Gasteiger partial charge in [0.05, 0.1) is 25.9 Å². The van der Waals surface area contributed by atoms with Crippen molar-refractivity contribution in [2.24, 2.45) is 5.92 Å². The number of hydrogen-bond acceptors (Lipinski definition) is 5. The molecule has 2 atom stereocenters. The molecule has 0 spiro atoms. The molecule has 5 heteroatoms. The zero-order valence-electron chi connectivity index (χ0n) is 10.4. The maximum Gasteiger partial charge on any atom is 0.332 e. The van der Waals surface area contributed by atoms with Crippen LogP contribution in [-0.2, 0) is 19.0 Å². The molecule has 0 amide bonds. The predicted octanol–water partition coefficient (Wildman–Crippen LogP) is 0.744. The third-order valence-electron chi connectivity index (χ3n) is 2.89. The van der Waals surface area contributed by atoms with Crippen LogP contribution in [0.25, 0.3) is 0 Å². The summed E-state index contributed by atoms with van der Waals surface area (Å²) in [5.74, 6) is -0.0529. The van der Waals surface area contributed by atoms with Gasteiger partial charge in [-0.05, 0) is 25.2 Å². The minimum Gasteiger partial charge on any atom is -0.464 e. The number of carbonyl (C=O) groups is 1. The summed E-state index contributed by atoms with van der Waals surface area (Å²) >= 11 is 0. The Labute approximate surface area is 102 Å². The molecule has 0 saturated heterocycles. The fraction of sp³-hybridized carbons (Fsp3) is 0.917. The van der Waals surface area contributed by atoms with Crippen LogP contribution in [0.2, 0.25) is 0 Å². The maximum absolute atomic E-state index is 11.3. The van der Waals surface area contributed by atoms with Crippen LogP contribution < -0.4 is 0 Å². The zero-order chi connectivity index (χ0) is 12.5. The van der Waals surface area contributed by atoms with Crippen LogP contribution in [0.3, 0.4) is 0 Å². The highest BCUT2D eigenvalue weighted by Gasteiger charge is 2.21. The Balaban J connectivity index is 2.02. The van der Waals surface area contributed by atoms with Crippen LogP contribution in [-0.4, -0.2) is 50.7 Å². The molecule has 0 aliphatic heterocycles. The van der Waals surface area contributed by atoms with Crippen molar-refractivity contribution in [3.8, 4) is 0 Å². The predicted molar refractivity (Wildman–Crippen MR) is 61.6 cm³/mol. The van der Waals surface area contributed by atoms with E-state index in [-0.39, 0.29) is 18.7 Å². The van der Waals surface area contributed by atoms with E-state index in [2.05, 4.69) is 0 Å². The quantitative estimate of drug-likeness (QED) is 0.530. The van der Waals surface area contributed by atoms with Gasteiger partial charge in [-0.2, -0.15) is 0 Å². The lowest BCUT2D eigenvalue weighted by Gasteiger charge is -2.25. The van der Waals surface area contributed by atoms with Gasteiger partial charge in [-0.25, -0.2) is 4.79 Å². The number of aliphatic hydroxyl groups excluding tert-OH is 1. The van der Waals surface area contributed by atoms with Crippen LogP contribution in [0, 0.1) is 5.92 Å². The molecule has 5 nitrogen and oxygen atoms in total. The van der Waals surface area contributed by atoms with Gasteiger partial charge in [0.2, 0.25) is 0 Å². The average Bonchev–Trinajstić information content (AvgIpc) is 2.32. The number of methoxy groups -OCH3 is 1. The molecule has 0 heterocycles. The zero-order valence-corrected chi connectivity index (χ0v) is 10.4. The molecule has 0 aromatic rings. The lowest BCUT2D eigenvalue weighted by atomic mass is 9.88. The van der Waals surface area contributed by atoms with Crippen LogP contribution in [0.15, 0.2) is 0 Å². The monoisotopic (exact) mass is 246 g/mol. The molecular formula is C12H22O5. The summed E-state index contributed by atoms with van der Waals surface area (Å²) in [6, 6.07) is 0. The highest BCUT2D eigenvalue weighted by molar-refractivity contribution is 5.70. The van der Waals surface area contributed by atoms with Gasteiger partial charge < -0.3 is 19.3 Å². The summed E-state index contributed by atoms with van der Waals surface area (Å²) in [5.41, 5.74) is 0. The van der Waals surface area contributed by atoms with Gasteiger partial charge in [-0.3, -0.25) is 0 Å². The Hall–Kier alpha value is -0.650. The van der Waals surface area contributed by atoms with Gasteiger partial charge in [-0.1, -0.05) is 6.42 Å². The second-order valence-corrected chi connectivity index (χ2v) is 4.41. The third-order valence-corrected chi connectivity index (χ3v) is 2.89. The van der Waals surface area contributed by atoms with Crippen molar-refractivity contribution in [3.63, 3.8) is 0 Å². The van der Waals surface area contributed by atoms with Gasteiger partial charge >= 0.3 is 5.97 Å². The van der Waals surface area contributed by atoms with Crippen molar-refractivity contribution in [1.82, 2.24) is 0 Å². The van der Waals surface area contributed by atoms with Crippen LogP contribution >= 0.6 is 0 Å². The molecule has 1 N–H and O–H groups in total. The largest absolute Gasteiger partial charge is 0.464 e. The number of esters is 1. The number of aliphatic hydroxyl groups is 1. The van der Waals surface area contributed by atoms with Crippen molar-refractivity contribution in [1.29, 1.82) is 0 Å². The minimum absolute atomic E-state index is 0.0291. The Kier molecular flexibility index (Phi) is 7.16. The molecule has 1 aliphatic carbocycles. The van der Waals surface area contributed by atoms with Crippen molar-refractivity contribution in [3.05, 3.63) is 0 Å². The molecule has 17 heavy (non-hydrogen) atoms. The standard InChI is InChI=1S/C12H22O5/c1-15-5-6-16-9-12(14)17-8-10-3-2-4-11(13)7-10/h10-11,13H,2-9H2,1H3. The average molecular weight is 246 g/mol. The van der Waals surface area contributed by atoms with E-state index in [1.54, 1.807) is 7.11 Å². The normalized spacial score (nSPS) is 24.6. The number of ether oxygens (including phenoxy) is 3. The third kappa shape index (κ3) is 6.61. The molecule has 0 aromatic carbocycles. The first kappa shape index (κ1) is 14.4. The summed E-state index contributed by atoms with van der Waals surface area (Å²) in [6.45, 7) is 1.23. The Morgan fingerprint density at radius 1 is 1.35 bits per heavy atom. The van der Waals surface area contributed by atoms with Gasteiger partial charge in [0.1, 0.15) is 6.61 Å². The fourth-order valence-corrected chi connectivity index (χ4v) is 1.96. The summed E-state index contributed by atoms with van der Waals surface area (Å²) in [6.07, 6.45) is 3.40. The first-order valence-electron chi connectivity index (χ1n) is 6.12. The summed E-state index contributed by atoms with van der Waals surface area (Å²) in [5, 5.41) is 9.47. The maximum atomic E-state index is 11.3. The van der Waals surface area contributed by atoms with Crippen LogP contribution in [0.1, 0.15) is 25.7 Å². The van der Waals surface area contributed by atoms with E-state index in [4.69, 9.17) is 14.2 Å². The molecule has 0 aromatic heterocycles. The van der Waals surface area contributed by atoms with Crippen molar-refractivity contribution in [2.75, 3.05) is 33.5 Å². The van der Waals surface area contributed by atoms with Crippen molar-refractivity contribution < 1.29 is 24.1 Å². The first-order chi connectivity index (χ1) is 8.22. The van der Waals surface area contributed by atoms with E-state index >= 15 is 0 Å².